The van der Waals surface area contributed by atoms with Crippen molar-refractivity contribution in [1.29, 1.82) is 0 Å². The zero-order valence-electron chi connectivity index (χ0n) is 7.94. The largest absolute Gasteiger partial charge is 0.469 e. The van der Waals surface area contributed by atoms with E-state index in [4.69, 9.17) is 0 Å². The summed E-state index contributed by atoms with van der Waals surface area (Å²) < 4.78 is 41.9. The Hall–Kier alpha value is -0.780. The Bertz CT molecular complexity index is 241. The predicted molar refractivity (Wildman–Crippen MR) is 42.5 cm³/mol. The zero-order chi connectivity index (χ0) is 11.0. The molecule has 0 bridgehead atoms. The fourth-order valence-electron chi connectivity index (χ4n) is 1.75. The van der Waals surface area contributed by atoms with Gasteiger partial charge in [-0.2, -0.15) is 13.2 Å². The van der Waals surface area contributed by atoms with Crippen LogP contribution in [0.5, 0.6) is 0 Å². The minimum Gasteiger partial charge on any atom is -0.469 e. The molecular weight excluding hydrogens is 199 g/mol. The van der Waals surface area contributed by atoms with E-state index in [1.54, 1.807) is 0 Å². The Morgan fingerprint density at radius 3 is 2.57 bits per heavy atom. The molecule has 3 nitrogen and oxygen atoms in total. The maximum absolute atomic E-state index is 12.5. The molecule has 0 aromatic rings. The van der Waals surface area contributed by atoms with Crippen LogP contribution in [0.1, 0.15) is 6.92 Å². The van der Waals surface area contributed by atoms with Gasteiger partial charge in [0, 0.05) is 13.1 Å². The third kappa shape index (κ3) is 1.70. The third-order valence-electron chi connectivity index (χ3n) is 2.66. The molecule has 1 aliphatic heterocycles. The molecule has 2 atom stereocenters. The average molecular weight is 211 g/mol. The molecule has 82 valence electrons. The van der Waals surface area contributed by atoms with E-state index < -0.39 is 23.5 Å². The number of alkyl halides is 3. The smallest absolute Gasteiger partial charge is 0.394 e. The molecule has 6 heteroatoms. The summed E-state index contributed by atoms with van der Waals surface area (Å²) in [6, 6.07) is 0. The van der Waals surface area contributed by atoms with Crippen LogP contribution < -0.4 is 5.32 Å². The number of carbonyl (C=O) groups excluding carboxylic acids is 1. The first-order chi connectivity index (χ1) is 6.32. The number of rotatable bonds is 1. The van der Waals surface area contributed by atoms with E-state index in [0.29, 0.717) is 0 Å². The van der Waals surface area contributed by atoms with Crippen molar-refractivity contribution < 1.29 is 22.7 Å². The number of methoxy groups -OCH3 is 1. The van der Waals surface area contributed by atoms with Gasteiger partial charge in [-0.25, -0.2) is 0 Å². The SMILES string of the molecule is COC(=O)[C@@]1(C)CNC[C@@H]1C(F)(F)F. The highest BCUT2D eigenvalue weighted by molar-refractivity contribution is 5.77. The van der Waals surface area contributed by atoms with E-state index in [1.165, 1.54) is 6.92 Å². The highest BCUT2D eigenvalue weighted by Gasteiger charge is 2.58. The minimum atomic E-state index is -4.37. The number of esters is 1. The molecule has 0 aliphatic carbocycles. The zero-order valence-corrected chi connectivity index (χ0v) is 7.94. The highest BCUT2D eigenvalue weighted by Crippen LogP contribution is 2.42. The number of nitrogens with one attached hydrogen (secondary N) is 1. The van der Waals surface area contributed by atoms with Gasteiger partial charge in [0.1, 0.15) is 0 Å². The Morgan fingerprint density at radius 2 is 2.14 bits per heavy atom. The van der Waals surface area contributed by atoms with Crippen molar-refractivity contribution in [3.8, 4) is 0 Å². The van der Waals surface area contributed by atoms with Crippen molar-refractivity contribution in [3.05, 3.63) is 0 Å². The van der Waals surface area contributed by atoms with E-state index in [-0.39, 0.29) is 13.1 Å². The first-order valence-electron chi connectivity index (χ1n) is 4.18. The molecule has 1 rings (SSSR count). The van der Waals surface area contributed by atoms with Crippen molar-refractivity contribution in [2.24, 2.45) is 11.3 Å². The van der Waals surface area contributed by atoms with Crippen molar-refractivity contribution in [2.75, 3.05) is 20.2 Å². The van der Waals surface area contributed by atoms with Crippen LogP contribution in [-0.2, 0) is 9.53 Å². The van der Waals surface area contributed by atoms with Crippen molar-refractivity contribution >= 4 is 5.97 Å². The second-order valence-corrected chi connectivity index (χ2v) is 3.63. The second-order valence-electron chi connectivity index (χ2n) is 3.63. The van der Waals surface area contributed by atoms with Gasteiger partial charge in [-0.05, 0) is 6.92 Å². The molecule has 0 aromatic carbocycles. The summed E-state index contributed by atoms with van der Waals surface area (Å²) in [7, 11) is 1.10. The van der Waals surface area contributed by atoms with Crippen LogP contribution >= 0.6 is 0 Å². The van der Waals surface area contributed by atoms with Crippen LogP contribution in [0.4, 0.5) is 13.2 Å². The van der Waals surface area contributed by atoms with Crippen molar-refractivity contribution in [3.63, 3.8) is 0 Å². The van der Waals surface area contributed by atoms with E-state index >= 15 is 0 Å². The molecule has 1 fully saturated rings. The van der Waals surface area contributed by atoms with Crippen molar-refractivity contribution in [1.82, 2.24) is 5.32 Å². The maximum atomic E-state index is 12.5. The highest BCUT2D eigenvalue weighted by atomic mass is 19.4. The Kier molecular flexibility index (Phi) is 2.76. The van der Waals surface area contributed by atoms with Gasteiger partial charge in [0.15, 0.2) is 0 Å². The van der Waals surface area contributed by atoms with Gasteiger partial charge in [0.25, 0.3) is 0 Å². The molecule has 0 spiro atoms. The fourth-order valence-corrected chi connectivity index (χ4v) is 1.75. The van der Waals surface area contributed by atoms with Crippen LogP contribution in [0.3, 0.4) is 0 Å². The summed E-state index contributed by atoms with van der Waals surface area (Å²) in [5.74, 6) is -2.48. The van der Waals surface area contributed by atoms with E-state index in [9.17, 15) is 18.0 Å². The summed E-state index contributed by atoms with van der Waals surface area (Å²) in [5, 5.41) is 2.56. The topological polar surface area (TPSA) is 38.3 Å². The van der Waals surface area contributed by atoms with Gasteiger partial charge >= 0.3 is 12.1 Å². The van der Waals surface area contributed by atoms with Crippen LogP contribution in [0.25, 0.3) is 0 Å². The molecule has 1 saturated heterocycles. The number of carbonyl (C=O) groups is 1. The molecule has 0 unspecified atom stereocenters. The van der Waals surface area contributed by atoms with E-state index in [0.717, 1.165) is 7.11 Å². The molecule has 1 aliphatic rings. The van der Waals surface area contributed by atoms with Gasteiger partial charge in [-0.3, -0.25) is 4.79 Å². The van der Waals surface area contributed by atoms with Gasteiger partial charge in [0.2, 0.25) is 0 Å². The average Bonchev–Trinajstić information content (AvgIpc) is 2.46. The first kappa shape index (κ1) is 11.3. The summed E-state index contributed by atoms with van der Waals surface area (Å²) >= 11 is 0. The van der Waals surface area contributed by atoms with E-state index in [2.05, 4.69) is 10.1 Å². The molecule has 1 heterocycles. The van der Waals surface area contributed by atoms with Gasteiger partial charge in [0.05, 0.1) is 18.4 Å². The van der Waals surface area contributed by atoms with Gasteiger partial charge in [-0.1, -0.05) is 0 Å². The minimum absolute atomic E-state index is 0.00382. The van der Waals surface area contributed by atoms with Gasteiger partial charge < -0.3 is 10.1 Å². The number of halogens is 3. The lowest BCUT2D eigenvalue weighted by atomic mass is 9.79. The van der Waals surface area contributed by atoms with Gasteiger partial charge in [-0.15, -0.1) is 0 Å². The first-order valence-corrected chi connectivity index (χ1v) is 4.18. The lowest BCUT2D eigenvalue weighted by Crippen LogP contribution is -2.43. The molecule has 0 amide bonds. The standard InChI is InChI=1S/C8H12F3NO2/c1-7(6(13)14-2)4-12-3-5(7)8(9,10)11/h5,12H,3-4H2,1-2H3/t5-,7-/m0/s1. The Balaban J connectivity index is 2.92. The maximum Gasteiger partial charge on any atom is 0.394 e. The summed E-state index contributed by atoms with van der Waals surface area (Å²) in [4.78, 5) is 11.2. The van der Waals surface area contributed by atoms with Crippen LogP contribution in [0, 0.1) is 11.3 Å². The Labute approximate surface area is 79.6 Å². The quantitative estimate of drug-likeness (QED) is 0.656. The molecule has 14 heavy (non-hydrogen) atoms. The van der Waals surface area contributed by atoms with Crippen LogP contribution in [-0.4, -0.2) is 32.3 Å². The second kappa shape index (κ2) is 3.42. The Morgan fingerprint density at radius 1 is 1.57 bits per heavy atom. The van der Waals surface area contributed by atoms with Crippen molar-refractivity contribution in [2.45, 2.75) is 13.1 Å². The van der Waals surface area contributed by atoms with E-state index in [1.807, 2.05) is 0 Å². The summed E-state index contributed by atoms with van der Waals surface area (Å²) in [6.07, 6.45) is -4.37. The summed E-state index contributed by atoms with van der Waals surface area (Å²) in [6.45, 7) is 1.05. The monoisotopic (exact) mass is 211 g/mol. The number of hydrogen-bond donors (Lipinski definition) is 1. The molecule has 0 aromatic heterocycles. The predicted octanol–water partition coefficient (Wildman–Crippen LogP) is 0.947. The molecular formula is C8H12F3NO2. The molecule has 0 radical (unpaired) electrons. The fraction of sp³-hybridized carbons (Fsp3) is 0.875. The van der Waals surface area contributed by atoms with Crippen LogP contribution in [0.2, 0.25) is 0 Å². The lowest BCUT2D eigenvalue weighted by molar-refractivity contribution is -0.202. The summed E-state index contributed by atoms with van der Waals surface area (Å²) in [5.41, 5.74) is -1.49. The normalized spacial score (nSPS) is 33.1. The molecule has 1 N–H and O–H groups in total. The molecule has 0 saturated carbocycles. The number of hydrogen-bond acceptors (Lipinski definition) is 3. The lowest BCUT2D eigenvalue weighted by Gasteiger charge is -2.28. The number of ether oxygens (including phenoxy) is 1. The third-order valence-corrected chi connectivity index (χ3v) is 2.66. The van der Waals surface area contributed by atoms with Crippen LogP contribution in [0.15, 0.2) is 0 Å².